The van der Waals surface area contributed by atoms with Crippen LogP contribution in [0.1, 0.15) is 16.0 Å². The molecule has 0 radical (unpaired) electrons. The predicted molar refractivity (Wildman–Crippen MR) is 78.6 cm³/mol. The van der Waals surface area contributed by atoms with Crippen molar-refractivity contribution in [2.75, 3.05) is 6.54 Å². The van der Waals surface area contributed by atoms with Crippen molar-refractivity contribution in [3.05, 3.63) is 55.7 Å². The molecule has 94 valence electrons. The number of hydrogen-bond donors (Lipinski definition) is 0. The number of halogens is 2. The third-order valence-corrected chi connectivity index (χ3v) is 5.04. The summed E-state index contributed by atoms with van der Waals surface area (Å²) in [7, 11) is 0. The lowest BCUT2D eigenvalue weighted by Gasteiger charge is -2.26. The van der Waals surface area contributed by atoms with Gasteiger partial charge in [0.1, 0.15) is 0 Å². The second-order valence-corrected chi connectivity index (χ2v) is 6.39. The van der Waals surface area contributed by atoms with Crippen LogP contribution in [0.3, 0.4) is 0 Å². The molecule has 0 spiro atoms. The van der Waals surface area contributed by atoms with Gasteiger partial charge in [-0.2, -0.15) is 0 Å². The van der Waals surface area contributed by atoms with Gasteiger partial charge >= 0.3 is 0 Å². The highest BCUT2D eigenvalue weighted by atomic mass is 35.5. The lowest BCUT2D eigenvalue weighted by atomic mass is 10.1. The topological polar surface area (TPSA) is 3.24 Å². The van der Waals surface area contributed by atoms with Gasteiger partial charge in [0, 0.05) is 24.5 Å². The average molecular weight is 298 g/mol. The molecule has 0 fully saturated rings. The van der Waals surface area contributed by atoms with E-state index in [1.54, 1.807) is 4.88 Å². The first kappa shape index (κ1) is 12.5. The molecular weight excluding hydrogens is 285 g/mol. The van der Waals surface area contributed by atoms with Crippen LogP contribution in [0.2, 0.25) is 10.0 Å². The van der Waals surface area contributed by atoms with Gasteiger partial charge in [-0.05, 0) is 41.1 Å². The molecule has 0 N–H and O–H groups in total. The van der Waals surface area contributed by atoms with Crippen molar-refractivity contribution in [1.29, 1.82) is 0 Å². The van der Waals surface area contributed by atoms with E-state index in [2.05, 4.69) is 22.4 Å². The van der Waals surface area contributed by atoms with Crippen molar-refractivity contribution in [3.8, 4) is 0 Å². The third kappa shape index (κ3) is 2.57. The molecule has 0 amide bonds. The van der Waals surface area contributed by atoms with Gasteiger partial charge in [0.05, 0.1) is 10.0 Å². The lowest BCUT2D eigenvalue weighted by molar-refractivity contribution is 0.247. The van der Waals surface area contributed by atoms with Gasteiger partial charge in [-0.3, -0.25) is 4.90 Å². The van der Waals surface area contributed by atoms with Crippen molar-refractivity contribution in [1.82, 2.24) is 4.90 Å². The molecule has 18 heavy (non-hydrogen) atoms. The molecule has 0 aliphatic carbocycles. The minimum absolute atomic E-state index is 0.624. The highest BCUT2D eigenvalue weighted by Crippen LogP contribution is 2.27. The fourth-order valence-corrected chi connectivity index (χ4v) is 3.55. The molecule has 3 rings (SSSR count). The molecule has 0 bridgehead atoms. The Balaban J connectivity index is 1.72. The fourth-order valence-electron chi connectivity index (χ4n) is 2.34. The smallest absolute Gasteiger partial charge is 0.0595 e. The summed E-state index contributed by atoms with van der Waals surface area (Å²) in [5.74, 6) is 0. The summed E-state index contributed by atoms with van der Waals surface area (Å²) < 4.78 is 0. The summed E-state index contributed by atoms with van der Waals surface area (Å²) >= 11 is 13.9. The summed E-state index contributed by atoms with van der Waals surface area (Å²) in [6, 6.07) is 8.13. The Morgan fingerprint density at radius 1 is 1.17 bits per heavy atom. The van der Waals surface area contributed by atoms with Crippen LogP contribution < -0.4 is 0 Å². The minimum atomic E-state index is 0.624. The number of thiophene rings is 1. The van der Waals surface area contributed by atoms with E-state index in [0.29, 0.717) is 10.0 Å². The van der Waals surface area contributed by atoms with Crippen LogP contribution in [0.4, 0.5) is 0 Å². The normalized spacial score (nSPS) is 15.7. The second kappa shape index (κ2) is 5.22. The monoisotopic (exact) mass is 297 g/mol. The quantitative estimate of drug-likeness (QED) is 0.782. The molecule has 1 aromatic heterocycles. The van der Waals surface area contributed by atoms with E-state index in [9.17, 15) is 0 Å². The SMILES string of the molecule is Clc1ccc(CN2CCc3sccc3C2)cc1Cl. The Labute approximate surface area is 121 Å². The first-order valence-corrected chi connectivity index (χ1v) is 7.57. The Bertz CT molecular complexity index is 565. The zero-order valence-corrected chi connectivity index (χ0v) is 12.2. The van der Waals surface area contributed by atoms with Crippen molar-refractivity contribution in [3.63, 3.8) is 0 Å². The average Bonchev–Trinajstić information content (AvgIpc) is 2.81. The number of nitrogens with zero attached hydrogens (tertiary/aromatic N) is 1. The predicted octanol–water partition coefficient (Wildman–Crippen LogP) is 4.61. The molecule has 0 saturated carbocycles. The molecule has 1 aromatic carbocycles. The zero-order valence-electron chi connectivity index (χ0n) is 9.83. The standard InChI is InChI=1S/C14H13Cl2NS/c15-12-2-1-10(7-13(12)16)8-17-5-3-14-11(9-17)4-6-18-14/h1-2,4,6-7H,3,5,8-9H2. The van der Waals surface area contributed by atoms with Crippen molar-refractivity contribution in [2.45, 2.75) is 19.5 Å². The largest absolute Gasteiger partial charge is 0.294 e. The van der Waals surface area contributed by atoms with E-state index < -0.39 is 0 Å². The van der Waals surface area contributed by atoms with E-state index >= 15 is 0 Å². The summed E-state index contributed by atoms with van der Waals surface area (Å²) in [5.41, 5.74) is 2.70. The van der Waals surface area contributed by atoms with E-state index in [0.717, 1.165) is 26.1 Å². The Morgan fingerprint density at radius 3 is 2.89 bits per heavy atom. The maximum absolute atomic E-state index is 6.05. The number of benzene rings is 1. The number of hydrogen-bond acceptors (Lipinski definition) is 2. The second-order valence-electron chi connectivity index (χ2n) is 4.58. The van der Waals surface area contributed by atoms with Gasteiger partial charge in [0.25, 0.3) is 0 Å². The number of fused-ring (bicyclic) bond motifs is 1. The van der Waals surface area contributed by atoms with Gasteiger partial charge in [-0.15, -0.1) is 11.3 Å². The molecule has 0 saturated heterocycles. The van der Waals surface area contributed by atoms with Crippen molar-refractivity contribution < 1.29 is 0 Å². The summed E-state index contributed by atoms with van der Waals surface area (Å²) in [5, 5.41) is 3.45. The highest BCUT2D eigenvalue weighted by molar-refractivity contribution is 7.10. The van der Waals surface area contributed by atoms with Gasteiger partial charge in [0.15, 0.2) is 0 Å². The first-order valence-electron chi connectivity index (χ1n) is 5.94. The molecule has 1 nitrogen and oxygen atoms in total. The van der Waals surface area contributed by atoms with Crippen molar-refractivity contribution in [2.24, 2.45) is 0 Å². The van der Waals surface area contributed by atoms with Crippen molar-refractivity contribution >= 4 is 34.5 Å². The number of rotatable bonds is 2. The molecule has 2 aromatic rings. The van der Waals surface area contributed by atoms with Crippen LogP contribution in [-0.4, -0.2) is 11.4 Å². The lowest BCUT2D eigenvalue weighted by Crippen LogP contribution is -2.29. The van der Waals surface area contributed by atoms with Crippen LogP contribution >= 0.6 is 34.5 Å². The van der Waals surface area contributed by atoms with E-state index in [4.69, 9.17) is 23.2 Å². The third-order valence-electron chi connectivity index (χ3n) is 3.28. The van der Waals surface area contributed by atoms with Crippen LogP contribution in [0.25, 0.3) is 0 Å². The Morgan fingerprint density at radius 2 is 2.06 bits per heavy atom. The molecule has 0 atom stereocenters. The molecule has 4 heteroatoms. The Kier molecular flexibility index (Phi) is 3.62. The van der Waals surface area contributed by atoms with Crippen LogP contribution in [0.5, 0.6) is 0 Å². The summed E-state index contributed by atoms with van der Waals surface area (Å²) in [6.45, 7) is 3.10. The minimum Gasteiger partial charge on any atom is -0.294 e. The molecule has 1 aliphatic heterocycles. The summed E-state index contributed by atoms with van der Waals surface area (Å²) in [4.78, 5) is 4.00. The molecular formula is C14H13Cl2NS. The van der Waals surface area contributed by atoms with Gasteiger partial charge < -0.3 is 0 Å². The van der Waals surface area contributed by atoms with E-state index in [1.165, 1.54) is 11.1 Å². The van der Waals surface area contributed by atoms with Gasteiger partial charge in [0.2, 0.25) is 0 Å². The maximum atomic E-state index is 6.05. The Hall–Kier alpha value is -0.540. The fraction of sp³-hybridized carbons (Fsp3) is 0.286. The highest BCUT2D eigenvalue weighted by Gasteiger charge is 2.17. The first-order chi connectivity index (χ1) is 8.72. The maximum Gasteiger partial charge on any atom is 0.0595 e. The van der Waals surface area contributed by atoms with Gasteiger partial charge in [-0.25, -0.2) is 0 Å². The molecule has 2 heterocycles. The molecule has 0 unspecified atom stereocenters. The van der Waals surface area contributed by atoms with E-state index in [1.807, 2.05) is 23.5 Å². The van der Waals surface area contributed by atoms with Crippen LogP contribution in [0, 0.1) is 0 Å². The molecule has 1 aliphatic rings. The summed E-state index contributed by atoms with van der Waals surface area (Å²) in [6.07, 6.45) is 1.16. The van der Waals surface area contributed by atoms with Crippen LogP contribution in [-0.2, 0) is 19.5 Å². The van der Waals surface area contributed by atoms with Gasteiger partial charge in [-0.1, -0.05) is 29.3 Å². The van der Waals surface area contributed by atoms with E-state index in [-0.39, 0.29) is 0 Å². The zero-order chi connectivity index (χ0) is 12.5. The van der Waals surface area contributed by atoms with Crippen LogP contribution in [0.15, 0.2) is 29.6 Å².